The minimum atomic E-state index is -1.50. The highest BCUT2D eigenvalue weighted by Crippen LogP contribution is 2.47. The fourth-order valence-corrected chi connectivity index (χ4v) is 10.5. The van der Waals surface area contributed by atoms with Crippen molar-refractivity contribution >= 4 is 20.5 Å². The minimum absolute atomic E-state index is 0.0301. The Bertz CT molecular complexity index is 1080. The van der Waals surface area contributed by atoms with Gasteiger partial charge in [-0.3, -0.25) is 9.59 Å². The highest BCUT2D eigenvalue weighted by Gasteiger charge is 2.36. The van der Waals surface area contributed by atoms with Gasteiger partial charge in [0.1, 0.15) is 6.61 Å². The largest absolute Gasteiger partial charge is 0.462 e. The Labute approximate surface area is 365 Å². The molecule has 2 aliphatic carbocycles. The summed E-state index contributed by atoms with van der Waals surface area (Å²) >= 11 is 0. The summed E-state index contributed by atoms with van der Waals surface area (Å²) in [5.41, 5.74) is 0. The van der Waals surface area contributed by atoms with Gasteiger partial charge in [0.2, 0.25) is 0 Å². The van der Waals surface area contributed by atoms with Gasteiger partial charge in [0, 0.05) is 24.9 Å². The highest BCUT2D eigenvalue weighted by atomic mass is 31.2. The van der Waals surface area contributed by atoms with Crippen LogP contribution >= 0.6 is 8.53 Å². The molecule has 0 bridgehead atoms. The Morgan fingerprint density at radius 1 is 0.576 bits per heavy atom. The molecule has 2 rings (SSSR count). The summed E-state index contributed by atoms with van der Waals surface area (Å²) in [6, 6.07) is 2.44. The standard InChI is InChI=1S/C50H93N2O6P/c1-7-9-11-13-17-23-30-44-38-46(44)32-25-19-15-21-27-34-49(53)55-40-48(41-57-59(56-37-29-36-51)52(42(3)4)43(5)6)58-50(54)35-28-22-16-20-26-33-47-39-45(47)31-24-18-14-12-10-8-2/h42-48H,7-35,37-41H2,1-6H3/t44-,45-,46+,47+,48+,59?/m0/s1. The SMILES string of the molecule is CCCCCCCC[C@H]1C[C@H]1CCCCCCCC(=O)OC[C@H](COP(OCCC#N)N(C(C)C)C(C)C)OC(=O)CCCCCCC[C@@H]1C[C@@H]1CCCCCCCC. The van der Waals surface area contributed by atoms with Gasteiger partial charge >= 0.3 is 11.9 Å². The van der Waals surface area contributed by atoms with Gasteiger partial charge in [-0.25, -0.2) is 4.67 Å². The topological polar surface area (TPSA) is 98.1 Å². The first kappa shape index (κ1) is 53.9. The summed E-state index contributed by atoms with van der Waals surface area (Å²) in [6.45, 7) is 13.2. The van der Waals surface area contributed by atoms with Gasteiger partial charge in [0.05, 0.1) is 25.7 Å². The molecule has 0 radical (unpaired) electrons. The van der Waals surface area contributed by atoms with Crippen LogP contribution in [0, 0.1) is 35.0 Å². The Kier molecular flexibility index (Phi) is 32.2. The molecule has 0 amide bonds. The van der Waals surface area contributed by atoms with Crippen molar-refractivity contribution in [3.8, 4) is 6.07 Å². The smallest absolute Gasteiger partial charge is 0.306 e. The normalized spacial score (nSPS) is 19.6. The summed E-state index contributed by atoms with van der Waals surface area (Å²) in [6.07, 6.45) is 36.6. The summed E-state index contributed by atoms with van der Waals surface area (Å²) < 4.78 is 26.1. The molecular weight excluding hydrogens is 756 g/mol. The van der Waals surface area contributed by atoms with E-state index in [1.165, 1.54) is 141 Å². The number of rotatable bonds is 42. The molecule has 59 heavy (non-hydrogen) atoms. The minimum Gasteiger partial charge on any atom is -0.462 e. The third-order valence-corrected chi connectivity index (χ3v) is 14.7. The van der Waals surface area contributed by atoms with Crippen LogP contribution in [0.15, 0.2) is 0 Å². The van der Waals surface area contributed by atoms with E-state index < -0.39 is 14.6 Å². The third-order valence-electron chi connectivity index (χ3n) is 12.7. The van der Waals surface area contributed by atoms with Crippen molar-refractivity contribution in [2.45, 2.75) is 259 Å². The van der Waals surface area contributed by atoms with Crippen LogP contribution in [-0.4, -0.2) is 54.6 Å². The molecular formula is C50H93N2O6P. The van der Waals surface area contributed by atoms with E-state index in [4.69, 9.17) is 23.8 Å². The van der Waals surface area contributed by atoms with E-state index >= 15 is 0 Å². The van der Waals surface area contributed by atoms with E-state index in [9.17, 15) is 9.59 Å². The Balaban J connectivity index is 1.68. The van der Waals surface area contributed by atoms with E-state index in [2.05, 4.69) is 52.3 Å². The number of nitriles is 1. The molecule has 0 aromatic rings. The molecule has 0 heterocycles. The van der Waals surface area contributed by atoms with E-state index in [1.807, 2.05) is 0 Å². The fourth-order valence-electron chi connectivity index (χ4n) is 8.90. The predicted octanol–water partition coefficient (Wildman–Crippen LogP) is 15.0. The molecule has 9 heteroatoms. The summed E-state index contributed by atoms with van der Waals surface area (Å²) in [5.74, 6) is 3.40. The molecule has 0 aromatic heterocycles. The van der Waals surface area contributed by atoms with Gasteiger partial charge in [0.15, 0.2) is 6.10 Å². The fraction of sp³-hybridized carbons (Fsp3) is 0.940. The molecule has 0 aliphatic heterocycles. The zero-order valence-electron chi connectivity index (χ0n) is 39.4. The van der Waals surface area contributed by atoms with Crippen LogP contribution in [0.1, 0.15) is 241 Å². The molecule has 344 valence electrons. The van der Waals surface area contributed by atoms with Crippen molar-refractivity contribution < 1.29 is 28.1 Å². The molecule has 2 aliphatic rings. The Morgan fingerprint density at radius 2 is 0.983 bits per heavy atom. The average molecular weight is 849 g/mol. The molecule has 8 nitrogen and oxygen atoms in total. The van der Waals surface area contributed by atoms with Crippen molar-refractivity contribution in [3.05, 3.63) is 0 Å². The van der Waals surface area contributed by atoms with Crippen LogP contribution < -0.4 is 0 Å². The zero-order valence-corrected chi connectivity index (χ0v) is 40.3. The lowest BCUT2D eigenvalue weighted by Gasteiger charge is -2.36. The maximum atomic E-state index is 13.0. The van der Waals surface area contributed by atoms with E-state index in [0.29, 0.717) is 12.8 Å². The summed E-state index contributed by atoms with van der Waals surface area (Å²) in [7, 11) is -1.50. The van der Waals surface area contributed by atoms with E-state index in [0.717, 1.165) is 62.2 Å². The first-order valence-electron chi connectivity index (χ1n) is 25.3. The quantitative estimate of drug-likeness (QED) is 0.0340. The predicted molar refractivity (Wildman–Crippen MR) is 246 cm³/mol. The van der Waals surface area contributed by atoms with Crippen molar-refractivity contribution in [2.24, 2.45) is 23.7 Å². The molecule has 1 unspecified atom stereocenters. The number of esters is 2. The lowest BCUT2D eigenvalue weighted by Crippen LogP contribution is -2.35. The molecule has 6 atom stereocenters. The van der Waals surface area contributed by atoms with Gasteiger partial charge in [-0.05, 0) is 77.0 Å². The van der Waals surface area contributed by atoms with Crippen molar-refractivity contribution in [3.63, 3.8) is 0 Å². The Morgan fingerprint density at radius 3 is 1.41 bits per heavy atom. The number of carbonyl (C=O) groups is 2. The lowest BCUT2D eigenvalue weighted by molar-refractivity contribution is -0.161. The molecule has 0 N–H and O–H groups in total. The molecule has 0 spiro atoms. The first-order chi connectivity index (χ1) is 28.7. The van der Waals surface area contributed by atoms with E-state index in [-0.39, 0.29) is 50.3 Å². The Hall–Kier alpha value is -1.26. The van der Waals surface area contributed by atoms with Crippen LogP contribution in [0.3, 0.4) is 0 Å². The van der Waals surface area contributed by atoms with Crippen LogP contribution in [0.25, 0.3) is 0 Å². The van der Waals surface area contributed by atoms with E-state index in [1.54, 1.807) is 0 Å². The molecule has 2 saturated carbocycles. The number of hydrogen-bond donors (Lipinski definition) is 0. The molecule has 0 aromatic carbocycles. The van der Waals surface area contributed by atoms with Crippen molar-refractivity contribution in [1.82, 2.24) is 4.67 Å². The van der Waals surface area contributed by atoms with Crippen molar-refractivity contribution in [2.75, 3.05) is 19.8 Å². The van der Waals surface area contributed by atoms with Gasteiger partial charge in [0.25, 0.3) is 8.53 Å². The third kappa shape index (κ3) is 28.1. The molecule has 2 fully saturated rings. The van der Waals surface area contributed by atoms with Crippen LogP contribution in [0.4, 0.5) is 0 Å². The number of unbranched alkanes of at least 4 members (excludes halogenated alkanes) is 18. The number of hydrogen-bond acceptors (Lipinski definition) is 8. The van der Waals surface area contributed by atoms with Crippen LogP contribution in [0.5, 0.6) is 0 Å². The monoisotopic (exact) mass is 849 g/mol. The van der Waals surface area contributed by atoms with Gasteiger partial charge in [-0.15, -0.1) is 0 Å². The first-order valence-corrected chi connectivity index (χ1v) is 26.4. The number of ether oxygens (including phenoxy) is 2. The van der Waals surface area contributed by atoms with Crippen LogP contribution in [0.2, 0.25) is 0 Å². The van der Waals surface area contributed by atoms with Gasteiger partial charge < -0.3 is 18.5 Å². The maximum Gasteiger partial charge on any atom is 0.306 e. The van der Waals surface area contributed by atoms with Gasteiger partial charge in [-0.1, -0.05) is 168 Å². The maximum absolute atomic E-state index is 13.0. The molecule has 0 saturated heterocycles. The average Bonchev–Trinajstić information content (AvgIpc) is 4.14. The second-order valence-electron chi connectivity index (χ2n) is 18.9. The zero-order chi connectivity index (χ0) is 42.9. The lowest BCUT2D eigenvalue weighted by atomic mass is 10.0. The van der Waals surface area contributed by atoms with Crippen molar-refractivity contribution in [1.29, 1.82) is 5.26 Å². The van der Waals surface area contributed by atoms with Crippen LogP contribution in [-0.2, 0) is 28.1 Å². The number of carbonyl (C=O) groups excluding carboxylic acids is 2. The summed E-state index contributed by atoms with van der Waals surface area (Å²) in [4.78, 5) is 25.9. The summed E-state index contributed by atoms with van der Waals surface area (Å²) in [5, 5.41) is 9.10. The second kappa shape index (κ2) is 35.2. The number of nitrogens with zero attached hydrogens (tertiary/aromatic N) is 2. The van der Waals surface area contributed by atoms with Gasteiger partial charge in [-0.2, -0.15) is 5.26 Å². The second-order valence-corrected chi connectivity index (χ2v) is 20.3. The highest BCUT2D eigenvalue weighted by molar-refractivity contribution is 7.44.